The van der Waals surface area contributed by atoms with Crippen LogP contribution in [0.1, 0.15) is 6.92 Å². The van der Waals surface area contributed by atoms with Crippen molar-refractivity contribution in [3.8, 4) is 0 Å². The summed E-state index contributed by atoms with van der Waals surface area (Å²) in [5.41, 5.74) is 0. The minimum atomic E-state index is -0.629. The van der Waals surface area contributed by atoms with Crippen molar-refractivity contribution in [2.75, 3.05) is 6.61 Å². The highest BCUT2D eigenvalue weighted by Gasteiger charge is 2.00. The zero-order valence-corrected chi connectivity index (χ0v) is 6.44. The second-order valence-corrected chi connectivity index (χ2v) is 1.68. The fourth-order valence-corrected chi connectivity index (χ4v) is 0.317. The van der Waals surface area contributed by atoms with Gasteiger partial charge in [-0.15, -0.1) is 0 Å². The van der Waals surface area contributed by atoms with Gasteiger partial charge in [0.1, 0.15) is 6.34 Å². The maximum atomic E-state index is 10.6. The molecular weight excluding hydrogens is 166 g/mol. The summed E-state index contributed by atoms with van der Waals surface area (Å²) in [5, 5.41) is 5.13. The zero-order valence-electron chi connectivity index (χ0n) is 6.44. The normalized spacial score (nSPS) is 9.75. The molecule has 0 radical (unpaired) electrons. The van der Waals surface area contributed by atoms with Crippen LogP contribution in [0, 0.1) is 0 Å². The van der Waals surface area contributed by atoms with Gasteiger partial charge in [-0.05, 0) is 0 Å². The molecule has 0 aromatic heterocycles. The summed E-state index contributed by atoms with van der Waals surface area (Å²) in [5.74, 6) is 3.53. The molecule has 0 fully saturated rings. The molecule has 0 unspecified atom stereocenters. The Labute approximate surface area is 68.4 Å². The molecule has 0 atom stereocenters. The maximum Gasteiger partial charge on any atom is 0.339 e. The molecule has 0 bridgehead atoms. The third kappa shape index (κ3) is 6.49. The van der Waals surface area contributed by atoms with E-state index in [0.29, 0.717) is 0 Å². The fourth-order valence-electron chi connectivity index (χ4n) is 0.317. The highest BCUT2D eigenvalue weighted by molar-refractivity contribution is 5.88. The van der Waals surface area contributed by atoms with Crippen molar-refractivity contribution in [3.05, 3.63) is 0 Å². The van der Waals surface area contributed by atoms with E-state index < -0.39 is 18.5 Å². The van der Waals surface area contributed by atoms with Gasteiger partial charge >= 0.3 is 5.97 Å². The van der Waals surface area contributed by atoms with Gasteiger partial charge in [-0.2, -0.15) is 9.99 Å². The number of amides is 1. The van der Waals surface area contributed by atoms with E-state index in [1.165, 1.54) is 0 Å². The Morgan fingerprint density at radius 3 is 2.83 bits per heavy atom. The van der Waals surface area contributed by atoms with Crippen LogP contribution in [-0.4, -0.2) is 24.8 Å². The second-order valence-electron chi connectivity index (χ2n) is 1.68. The third-order valence-electron chi connectivity index (χ3n) is 0.666. The van der Waals surface area contributed by atoms with E-state index in [-0.39, 0.29) is 0 Å². The first-order valence-electron chi connectivity index (χ1n) is 2.98. The Balaban J connectivity index is 3.38. The Morgan fingerprint density at radius 2 is 2.33 bits per heavy atom. The van der Waals surface area contributed by atoms with Crippen LogP contribution in [-0.2, 0) is 19.4 Å². The zero-order chi connectivity index (χ0) is 9.40. The molecule has 68 valence electrons. The molecule has 0 heterocycles. The minimum Gasteiger partial charge on any atom is -0.322 e. The number of hydrogen-bond donors (Lipinski definition) is 2. The van der Waals surface area contributed by atoms with Gasteiger partial charge in [0.25, 0.3) is 5.91 Å². The summed E-state index contributed by atoms with van der Waals surface area (Å²) in [6, 6.07) is 0. The molecule has 3 N–H and O–H groups in total. The van der Waals surface area contributed by atoms with E-state index >= 15 is 0 Å². The van der Waals surface area contributed by atoms with E-state index in [0.717, 1.165) is 13.3 Å². The highest BCUT2D eigenvalue weighted by Crippen LogP contribution is 1.78. The molecule has 0 aromatic rings. The summed E-state index contributed by atoms with van der Waals surface area (Å²) in [4.78, 5) is 28.9. The monoisotopic (exact) mass is 175 g/mol. The molecule has 0 aromatic carbocycles. The summed E-state index contributed by atoms with van der Waals surface area (Å²) in [6.45, 7) is 0.755. The van der Waals surface area contributed by atoms with Crippen molar-refractivity contribution in [3.63, 3.8) is 0 Å². The fraction of sp³-hybridized carbons (Fsp3) is 0.400. The molecular formula is C5H9N3O4. The van der Waals surface area contributed by atoms with Crippen molar-refractivity contribution in [1.29, 1.82) is 0 Å². The van der Waals surface area contributed by atoms with Crippen LogP contribution in [0.4, 0.5) is 0 Å². The van der Waals surface area contributed by atoms with Gasteiger partial charge in [0, 0.05) is 6.92 Å². The number of hydrogen-bond acceptors (Lipinski definition) is 6. The Morgan fingerprint density at radius 1 is 1.67 bits per heavy atom. The van der Waals surface area contributed by atoms with Crippen molar-refractivity contribution >= 4 is 18.2 Å². The number of rotatable bonds is 4. The lowest BCUT2D eigenvalue weighted by Crippen LogP contribution is -2.27. The van der Waals surface area contributed by atoms with Gasteiger partial charge in [0.05, 0.1) is 0 Å². The van der Waals surface area contributed by atoms with Gasteiger partial charge in [-0.3, -0.25) is 9.68 Å². The molecule has 12 heavy (non-hydrogen) atoms. The third-order valence-corrected chi connectivity index (χ3v) is 0.666. The van der Waals surface area contributed by atoms with Gasteiger partial charge in [-0.25, -0.2) is 4.79 Å². The second kappa shape index (κ2) is 6.10. The van der Waals surface area contributed by atoms with Gasteiger partial charge in [-0.1, -0.05) is 0 Å². The average Bonchev–Trinajstić information content (AvgIpc) is 2.00. The Hall–Kier alpha value is -1.63. The Kier molecular flexibility index (Phi) is 5.28. The van der Waals surface area contributed by atoms with E-state index in [1.807, 2.05) is 0 Å². The number of carbonyl (C=O) groups is 2. The van der Waals surface area contributed by atoms with Crippen molar-refractivity contribution in [2.45, 2.75) is 6.92 Å². The molecule has 1 amide bonds. The molecule has 0 spiro atoms. The molecule has 0 rings (SSSR count). The Bertz CT molecular complexity index is 191. The van der Waals surface area contributed by atoms with E-state index in [9.17, 15) is 9.59 Å². The van der Waals surface area contributed by atoms with Crippen molar-refractivity contribution in [1.82, 2.24) is 5.32 Å². The minimum absolute atomic E-state index is 0.397. The number of nitrogens with zero attached hydrogens (tertiary/aromatic N) is 1. The molecule has 7 heteroatoms. The van der Waals surface area contributed by atoms with Gasteiger partial charge in [0.15, 0.2) is 6.61 Å². The number of carbonyl (C=O) groups excluding carboxylic acids is 2. The largest absolute Gasteiger partial charge is 0.339 e. The quantitative estimate of drug-likeness (QED) is 0.178. The standard InChI is InChI=1S/C5H9N3O4/c1-4(9)12-11-2-5(10)7-3-8-6/h3H,2,6H2,1H3,(H,7,8,10). The first-order valence-corrected chi connectivity index (χ1v) is 2.98. The molecule has 0 aliphatic carbocycles. The first-order chi connectivity index (χ1) is 5.66. The molecule has 7 nitrogen and oxygen atoms in total. The SMILES string of the molecule is CC(=O)OOCC(=O)NC=NN. The van der Waals surface area contributed by atoms with Crippen molar-refractivity contribution < 1.29 is 19.4 Å². The van der Waals surface area contributed by atoms with Crippen LogP contribution >= 0.6 is 0 Å². The lowest BCUT2D eigenvalue weighted by molar-refractivity contribution is -0.266. The van der Waals surface area contributed by atoms with Crippen LogP contribution in [0.15, 0.2) is 5.10 Å². The van der Waals surface area contributed by atoms with Crippen LogP contribution in [0.25, 0.3) is 0 Å². The first kappa shape index (κ1) is 10.4. The number of nitrogens with two attached hydrogens (primary N) is 1. The van der Waals surface area contributed by atoms with Crippen LogP contribution in [0.2, 0.25) is 0 Å². The van der Waals surface area contributed by atoms with Crippen LogP contribution in [0.3, 0.4) is 0 Å². The van der Waals surface area contributed by atoms with E-state index in [4.69, 9.17) is 0 Å². The molecule has 0 aliphatic rings. The lowest BCUT2D eigenvalue weighted by Gasteiger charge is -1.98. The lowest BCUT2D eigenvalue weighted by atomic mass is 10.7. The topological polar surface area (TPSA) is 103 Å². The number of nitrogens with one attached hydrogen (secondary N) is 1. The average molecular weight is 175 g/mol. The van der Waals surface area contributed by atoms with Crippen LogP contribution in [0.5, 0.6) is 0 Å². The summed E-state index contributed by atoms with van der Waals surface area (Å²) in [7, 11) is 0. The molecule has 0 saturated carbocycles. The maximum absolute atomic E-state index is 10.6. The summed E-state index contributed by atoms with van der Waals surface area (Å²) in [6.07, 6.45) is 0.986. The summed E-state index contributed by atoms with van der Waals surface area (Å²) >= 11 is 0. The highest BCUT2D eigenvalue weighted by atomic mass is 17.2. The van der Waals surface area contributed by atoms with E-state index in [2.05, 4.69) is 26.0 Å². The predicted octanol–water partition coefficient (Wildman–Crippen LogP) is -1.50. The van der Waals surface area contributed by atoms with Crippen molar-refractivity contribution in [2.24, 2.45) is 10.9 Å². The number of hydrazone groups is 1. The van der Waals surface area contributed by atoms with Gasteiger partial charge < -0.3 is 11.2 Å². The van der Waals surface area contributed by atoms with E-state index in [1.54, 1.807) is 0 Å². The smallest absolute Gasteiger partial charge is 0.322 e. The summed E-state index contributed by atoms with van der Waals surface area (Å²) < 4.78 is 0. The van der Waals surface area contributed by atoms with Gasteiger partial charge in [0.2, 0.25) is 0 Å². The molecule has 0 saturated heterocycles. The molecule has 0 aliphatic heterocycles. The predicted molar refractivity (Wildman–Crippen MR) is 38.5 cm³/mol. The van der Waals surface area contributed by atoms with Crippen LogP contribution < -0.4 is 11.2 Å².